The molecule has 1 heterocycles. The van der Waals surface area contributed by atoms with E-state index >= 15 is 0 Å². The first kappa shape index (κ1) is 16.9. The van der Waals surface area contributed by atoms with Gasteiger partial charge in [0.2, 0.25) is 0 Å². The van der Waals surface area contributed by atoms with Crippen LogP contribution >= 0.6 is 0 Å². The topological polar surface area (TPSA) is 17.8 Å². The lowest BCUT2D eigenvalue weighted by atomic mass is 9.83. The lowest BCUT2D eigenvalue weighted by Crippen LogP contribution is -1.99. The van der Waals surface area contributed by atoms with Gasteiger partial charge in [-0.3, -0.25) is 4.57 Å². The van der Waals surface area contributed by atoms with E-state index in [1.807, 2.05) is 42.5 Å². The molecule has 0 aliphatic carbocycles. The van der Waals surface area contributed by atoms with Gasteiger partial charge in [-0.1, -0.05) is 157 Å². The monoisotopic (exact) mass is 611 g/mol. The molecule has 0 unspecified atom stereocenters. The van der Waals surface area contributed by atoms with Crippen LogP contribution < -0.4 is 0 Å². The summed E-state index contributed by atoms with van der Waals surface area (Å²) in [6.45, 7) is 0. The van der Waals surface area contributed by atoms with E-state index in [0.29, 0.717) is 27.7 Å². The molecule has 9 aromatic rings. The quantitative estimate of drug-likeness (QED) is 0.177. The van der Waals surface area contributed by atoms with E-state index in [-0.39, 0.29) is 49.7 Å². The van der Waals surface area contributed by atoms with E-state index in [1.54, 1.807) is 60.7 Å². The average Bonchev–Trinajstić information content (AvgIpc) is 3.65. The zero-order chi connectivity index (χ0) is 42.5. The first-order chi connectivity index (χ1) is 28.8. The molecular formula is C45H30N2. The smallest absolute Gasteiger partial charge is 0.146 e. The Balaban J connectivity index is 1.53. The third-order valence-corrected chi connectivity index (χ3v) is 8.36. The van der Waals surface area contributed by atoms with Gasteiger partial charge in [-0.25, -0.2) is 4.98 Å². The van der Waals surface area contributed by atoms with Gasteiger partial charge in [0.15, 0.2) is 0 Å². The van der Waals surface area contributed by atoms with Crippen LogP contribution in [-0.4, -0.2) is 9.55 Å². The minimum Gasteiger partial charge on any atom is -0.292 e. The molecule has 0 saturated heterocycles. The van der Waals surface area contributed by atoms with Gasteiger partial charge in [-0.05, 0) is 79.1 Å². The summed E-state index contributed by atoms with van der Waals surface area (Å²) in [7, 11) is 0. The molecule has 2 nitrogen and oxygen atoms in total. The largest absolute Gasteiger partial charge is 0.292 e. The van der Waals surface area contributed by atoms with E-state index in [9.17, 15) is 5.48 Å². The molecule has 0 aliphatic rings. The predicted octanol–water partition coefficient (Wildman–Crippen LogP) is 12.0. The van der Waals surface area contributed by atoms with Gasteiger partial charge >= 0.3 is 0 Å². The molecule has 0 spiro atoms. The maximum atomic E-state index is 9.54. The molecule has 0 amide bonds. The van der Waals surface area contributed by atoms with Crippen molar-refractivity contribution in [3.8, 4) is 50.5 Å². The number of imidazole rings is 1. The molecule has 1 aromatic heterocycles. The van der Waals surface area contributed by atoms with Crippen molar-refractivity contribution in [1.29, 1.82) is 0 Å². The molecule has 8 aromatic carbocycles. The number of hydrogen-bond acceptors (Lipinski definition) is 1. The number of hydrogen-bond donors (Lipinski definition) is 0. The Bertz CT molecular complexity index is 3200. The SMILES string of the molecule is [2H]c1c([2H])c([2H])c(-n2c(-c3ccccc3-c3c4c([2H])c([2H])c([2H])c([2H])c4c(-c4ccccc4-c4ccccc4)c4c([2H])c([2H])c([2H])c([2H])c34)nc3ccccc32)c([2H])c1[2H]. The highest BCUT2D eigenvalue weighted by Gasteiger charge is 2.22. The Morgan fingerprint density at radius 3 is 1.51 bits per heavy atom. The van der Waals surface area contributed by atoms with Crippen molar-refractivity contribution < 1.29 is 17.8 Å². The second-order valence-corrected chi connectivity index (χ2v) is 10.9. The van der Waals surface area contributed by atoms with Crippen LogP contribution in [0.5, 0.6) is 0 Å². The van der Waals surface area contributed by atoms with Gasteiger partial charge in [-0.15, -0.1) is 0 Å². The number of benzene rings is 8. The Kier molecular flexibility index (Phi) is 4.05. The molecule has 9 rings (SSSR count). The fraction of sp³-hybridized carbons (Fsp3) is 0. The standard InChI is InChI=1S/C45H30N2/c1-3-17-31(18-4-1)33-21-7-8-22-34(33)43-35-23-9-11-25-37(35)44(38-26-12-10-24-36(38)43)39-27-13-14-28-40(39)45-46-41-29-15-16-30-42(41)47(45)32-19-5-2-6-20-32/h1-30H/i2D,5D,6D,9D,10D,11D,12D,19D,20D,23D,24D,25D,26D. The van der Waals surface area contributed by atoms with Crippen molar-refractivity contribution in [2.24, 2.45) is 0 Å². The third kappa shape index (κ3) is 4.46. The first-order valence-electron chi connectivity index (χ1n) is 21.5. The number of rotatable bonds is 5. The molecule has 0 fully saturated rings. The summed E-state index contributed by atoms with van der Waals surface area (Å²) in [6, 6.07) is 23.6. The van der Waals surface area contributed by atoms with Crippen molar-refractivity contribution in [2.75, 3.05) is 0 Å². The summed E-state index contributed by atoms with van der Waals surface area (Å²) in [4.78, 5) is 4.95. The molecule has 0 bridgehead atoms. The minimum atomic E-state index is -0.574. The maximum Gasteiger partial charge on any atom is 0.146 e. The van der Waals surface area contributed by atoms with E-state index in [4.69, 9.17) is 17.3 Å². The van der Waals surface area contributed by atoms with E-state index in [0.717, 1.165) is 5.56 Å². The Morgan fingerprint density at radius 1 is 0.426 bits per heavy atom. The highest BCUT2D eigenvalue weighted by atomic mass is 15.1. The van der Waals surface area contributed by atoms with Gasteiger partial charge in [-0.2, -0.15) is 0 Å². The molecule has 0 atom stereocenters. The number of nitrogens with zero attached hydrogens (tertiary/aromatic N) is 2. The molecule has 0 radical (unpaired) electrons. The zero-order valence-corrected chi connectivity index (χ0v) is 24.7. The van der Waals surface area contributed by atoms with Crippen LogP contribution in [0, 0.1) is 0 Å². The zero-order valence-electron chi connectivity index (χ0n) is 37.7. The highest BCUT2D eigenvalue weighted by molar-refractivity contribution is 6.23. The first-order valence-corrected chi connectivity index (χ1v) is 15.0. The molecule has 220 valence electrons. The highest BCUT2D eigenvalue weighted by Crippen LogP contribution is 2.48. The Labute approximate surface area is 292 Å². The molecule has 47 heavy (non-hydrogen) atoms. The van der Waals surface area contributed by atoms with E-state index in [1.165, 1.54) is 4.57 Å². The second-order valence-electron chi connectivity index (χ2n) is 10.9. The minimum absolute atomic E-state index is 0.00526. The lowest BCUT2D eigenvalue weighted by molar-refractivity contribution is 1.10. The Morgan fingerprint density at radius 2 is 0.894 bits per heavy atom. The fourth-order valence-corrected chi connectivity index (χ4v) is 6.42. The van der Waals surface area contributed by atoms with E-state index in [2.05, 4.69) is 0 Å². The number of para-hydroxylation sites is 3. The van der Waals surface area contributed by atoms with Crippen LogP contribution in [-0.2, 0) is 0 Å². The van der Waals surface area contributed by atoms with Gasteiger partial charge in [0.1, 0.15) is 5.82 Å². The summed E-state index contributed by atoms with van der Waals surface area (Å²) >= 11 is 0. The molecule has 0 N–H and O–H groups in total. The van der Waals surface area contributed by atoms with Crippen molar-refractivity contribution in [3.05, 3.63) is 182 Å². The maximum absolute atomic E-state index is 9.54. The normalized spacial score (nSPS) is 15.3. The average molecular weight is 612 g/mol. The summed E-state index contributed by atoms with van der Waals surface area (Å²) < 4.78 is 118. The van der Waals surface area contributed by atoms with Crippen LogP contribution in [0.4, 0.5) is 0 Å². The van der Waals surface area contributed by atoms with Gasteiger partial charge in [0.25, 0.3) is 0 Å². The van der Waals surface area contributed by atoms with Crippen molar-refractivity contribution in [2.45, 2.75) is 0 Å². The molecule has 2 heteroatoms. The van der Waals surface area contributed by atoms with Crippen LogP contribution in [0.2, 0.25) is 0 Å². The lowest BCUT2D eigenvalue weighted by Gasteiger charge is -2.21. The summed E-state index contributed by atoms with van der Waals surface area (Å²) in [6.07, 6.45) is 0. The third-order valence-electron chi connectivity index (χ3n) is 8.36. The summed E-state index contributed by atoms with van der Waals surface area (Å²) in [5.74, 6) is 0.117. The summed E-state index contributed by atoms with van der Waals surface area (Å²) in [5.41, 5.74) is 3.41. The van der Waals surface area contributed by atoms with Crippen LogP contribution in [0.15, 0.2) is 182 Å². The molecule has 0 saturated carbocycles. The van der Waals surface area contributed by atoms with E-state index < -0.39 is 78.6 Å². The molecule has 0 aliphatic heterocycles. The molecular weight excluding hydrogens is 569 g/mol. The van der Waals surface area contributed by atoms with Crippen LogP contribution in [0.25, 0.3) is 83.0 Å². The summed E-state index contributed by atoms with van der Waals surface area (Å²) in [5, 5.41) is 0.0558. The van der Waals surface area contributed by atoms with Crippen LogP contribution in [0.3, 0.4) is 0 Å². The predicted molar refractivity (Wildman–Crippen MR) is 198 cm³/mol. The second kappa shape index (κ2) is 11.3. The van der Waals surface area contributed by atoms with Gasteiger partial charge in [0.05, 0.1) is 28.9 Å². The number of fused-ring (bicyclic) bond motifs is 3. The van der Waals surface area contributed by atoms with Gasteiger partial charge < -0.3 is 0 Å². The fourth-order valence-electron chi connectivity index (χ4n) is 6.42. The van der Waals surface area contributed by atoms with Crippen molar-refractivity contribution >= 4 is 32.6 Å². The Hall–Kier alpha value is -6.25. The van der Waals surface area contributed by atoms with Gasteiger partial charge in [0, 0.05) is 11.3 Å². The van der Waals surface area contributed by atoms with Crippen LogP contribution in [0.1, 0.15) is 17.8 Å². The number of aromatic nitrogens is 2. The van der Waals surface area contributed by atoms with Crippen molar-refractivity contribution in [3.63, 3.8) is 0 Å². The van der Waals surface area contributed by atoms with Crippen molar-refractivity contribution in [1.82, 2.24) is 9.55 Å².